The molecule has 0 N–H and O–H groups in total. The summed E-state index contributed by atoms with van der Waals surface area (Å²) in [6.45, 7) is 0.309. The number of fused-ring (bicyclic) bond motifs is 1. The molecule has 0 aliphatic rings. The Labute approximate surface area is 124 Å². The molecule has 0 atom stereocenters. The molecule has 2 heterocycles. The normalized spacial score (nSPS) is 10.4. The molecule has 20 heavy (non-hydrogen) atoms. The molecule has 0 unspecified atom stereocenters. The van der Waals surface area contributed by atoms with E-state index in [1.807, 2.05) is 53.1 Å². The van der Waals surface area contributed by atoms with E-state index in [1.54, 1.807) is 0 Å². The number of aromatic nitrogens is 2. The Morgan fingerprint density at radius 1 is 1.20 bits per heavy atom. The zero-order valence-corrected chi connectivity index (χ0v) is 12.0. The standard InChI is InChI=1S/C15H10BrN3O/c16-11-6-7-14-13(8-17)18-15(19(14)9-11)10-20-12-4-2-1-3-5-12/h1-7,9H,10H2. The maximum Gasteiger partial charge on any atom is 0.166 e. The van der Waals surface area contributed by atoms with Crippen molar-refractivity contribution in [3.8, 4) is 11.8 Å². The van der Waals surface area contributed by atoms with E-state index >= 15 is 0 Å². The van der Waals surface area contributed by atoms with Crippen LogP contribution in [0.2, 0.25) is 0 Å². The van der Waals surface area contributed by atoms with E-state index in [2.05, 4.69) is 27.0 Å². The number of hydrogen-bond donors (Lipinski definition) is 0. The van der Waals surface area contributed by atoms with Gasteiger partial charge in [-0.25, -0.2) is 4.98 Å². The van der Waals surface area contributed by atoms with Crippen molar-refractivity contribution in [2.24, 2.45) is 0 Å². The lowest BCUT2D eigenvalue weighted by molar-refractivity contribution is 0.295. The number of para-hydroxylation sites is 1. The summed E-state index contributed by atoms with van der Waals surface area (Å²) in [4.78, 5) is 4.32. The molecule has 4 nitrogen and oxygen atoms in total. The Morgan fingerprint density at radius 3 is 2.75 bits per heavy atom. The molecular weight excluding hydrogens is 318 g/mol. The smallest absolute Gasteiger partial charge is 0.166 e. The number of benzene rings is 1. The lowest BCUT2D eigenvalue weighted by Gasteiger charge is -2.05. The fourth-order valence-corrected chi connectivity index (χ4v) is 2.31. The first-order chi connectivity index (χ1) is 9.78. The minimum absolute atomic E-state index is 0.309. The summed E-state index contributed by atoms with van der Waals surface area (Å²) in [5.41, 5.74) is 1.19. The molecule has 1 aromatic carbocycles. The number of rotatable bonds is 3. The average Bonchev–Trinajstić information content (AvgIpc) is 2.83. The van der Waals surface area contributed by atoms with Gasteiger partial charge in [0.15, 0.2) is 11.5 Å². The van der Waals surface area contributed by atoms with Crippen molar-refractivity contribution in [1.29, 1.82) is 5.26 Å². The molecule has 0 amide bonds. The van der Waals surface area contributed by atoms with E-state index in [4.69, 9.17) is 10.00 Å². The molecular formula is C15H10BrN3O. The van der Waals surface area contributed by atoms with Gasteiger partial charge in [-0.2, -0.15) is 5.26 Å². The quantitative estimate of drug-likeness (QED) is 0.739. The van der Waals surface area contributed by atoms with Crippen LogP contribution in [0, 0.1) is 11.3 Å². The van der Waals surface area contributed by atoms with Crippen molar-refractivity contribution in [3.05, 3.63) is 64.7 Å². The van der Waals surface area contributed by atoms with Gasteiger partial charge in [0.05, 0.1) is 5.52 Å². The van der Waals surface area contributed by atoms with E-state index in [1.165, 1.54) is 0 Å². The molecule has 2 aromatic heterocycles. The summed E-state index contributed by atoms with van der Waals surface area (Å²) >= 11 is 3.42. The first kappa shape index (κ1) is 12.7. The van der Waals surface area contributed by atoms with E-state index in [0.717, 1.165) is 15.7 Å². The van der Waals surface area contributed by atoms with E-state index in [-0.39, 0.29) is 0 Å². The van der Waals surface area contributed by atoms with Crippen molar-refractivity contribution in [2.45, 2.75) is 6.61 Å². The van der Waals surface area contributed by atoms with Crippen LogP contribution in [-0.2, 0) is 6.61 Å². The highest BCUT2D eigenvalue weighted by Crippen LogP contribution is 2.19. The van der Waals surface area contributed by atoms with E-state index in [9.17, 15) is 0 Å². The number of hydrogen-bond acceptors (Lipinski definition) is 3. The van der Waals surface area contributed by atoms with Gasteiger partial charge < -0.3 is 4.74 Å². The van der Waals surface area contributed by atoms with Crippen LogP contribution in [0.1, 0.15) is 11.5 Å². The molecule has 0 radical (unpaired) electrons. The van der Waals surface area contributed by atoms with E-state index in [0.29, 0.717) is 18.1 Å². The fourth-order valence-electron chi connectivity index (χ4n) is 1.97. The fraction of sp³-hybridized carbons (Fsp3) is 0.0667. The summed E-state index contributed by atoms with van der Waals surface area (Å²) in [5, 5.41) is 9.13. The number of imidazole rings is 1. The number of halogens is 1. The zero-order chi connectivity index (χ0) is 13.9. The summed E-state index contributed by atoms with van der Waals surface area (Å²) in [6, 6.07) is 15.4. The molecule has 0 aliphatic carbocycles. The largest absolute Gasteiger partial charge is 0.486 e. The lowest BCUT2D eigenvalue weighted by atomic mass is 10.3. The van der Waals surface area contributed by atoms with Crippen LogP contribution in [0.15, 0.2) is 53.1 Å². The second kappa shape index (κ2) is 5.35. The summed E-state index contributed by atoms with van der Waals surface area (Å²) in [5.74, 6) is 1.47. The van der Waals surface area contributed by atoms with Gasteiger partial charge in [-0.3, -0.25) is 4.40 Å². The second-order valence-electron chi connectivity index (χ2n) is 4.19. The number of nitriles is 1. The highest BCUT2D eigenvalue weighted by molar-refractivity contribution is 9.10. The number of ether oxygens (including phenoxy) is 1. The Bertz CT molecular complexity index is 790. The van der Waals surface area contributed by atoms with E-state index < -0.39 is 0 Å². The third kappa shape index (κ3) is 2.38. The second-order valence-corrected chi connectivity index (χ2v) is 5.11. The SMILES string of the molecule is N#Cc1nc(COc2ccccc2)n2cc(Br)ccc12. The first-order valence-corrected chi connectivity index (χ1v) is 6.81. The summed E-state index contributed by atoms with van der Waals surface area (Å²) < 4.78 is 8.48. The summed E-state index contributed by atoms with van der Waals surface area (Å²) in [6.07, 6.45) is 1.88. The third-order valence-electron chi connectivity index (χ3n) is 2.89. The summed E-state index contributed by atoms with van der Waals surface area (Å²) in [7, 11) is 0. The minimum atomic E-state index is 0.309. The highest BCUT2D eigenvalue weighted by atomic mass is 79.9. The molecule has 5 heteroatoms. The van der Waals surface area contributed by atoms with Gasteiger partial charge in [0.25, 0.3) is 0 Å². The molecule has 0 saturated heterocycles. The Morgan fingerprint density at radius 2 is 2.00 bits per heavy atom. The van der Waals surface area contributed by atoms with Crippen LogP contribution in [0.4, 0.5) is 0 Å². The zero-order valence-electron chi connectivity index (χ0n) is 10.5. The van der Waals surface area contributed by atoms with Crippen molar-refractivity contribution >= 4 is 21.4 Å². The topological polar surface area (TPSA) is 50.3 Å². The molecule has 3 rings (SSSR count). The first-order valence-electron chi connectivity index (χ1n) is 6.02. The van der Waals surface area contributed by atoms with Crippen LogP contribution >= 0.6 is 15.9 Å². The van der Waals surface area contributed by atoms with Crippen LogP contribution in [0.3, 0.4) is 0 Å². The van der Waals surface area contributed by atoms with Crippen molar-refractivity contribution in [3.63, 3.8) is 0 Å². The van der Waals surface area contributed by atoms with Crippen molar-refractivity contribution < 1.29 is 4.74 Å². The van der Waals surface area contributed by atoms with Gasteiger partial charge in [-0.1, -0.05) is 18.2 Å². The molecule has 0 saturated carbocycles. The molecule has 0 bridgehead atoms. The molecule has 0 aliphatic heterocycles. The Balaban J connectivity index is 1.95. The van der Waals surface area contributed by atoms with Gasteiger partial charge in [-0.15, -0.1) is 0 Å². The predicted molar refractivity (Wildman–Crippen MR) is 78.4 cm³/mol. The van der Waals surface area contributed by atoms with Gasteiger partial charge >= 0.3 is 0 Å². The van der Waals surface area contributed by atoms with Crippen molar-refractivity contribution in [2.75, 3.05) is 0 Å². The number of pyridine rings is 1. The lowest BCUT2D eigenvalue weighted by Crippen LogP contribution is -2.01. The Hall–Kier alpha value is -2.32. The van der Waals surface area contributed by atoms with Crippen molar-refractivity contribution in [1.82, 2.24) is 9.38 Å². The number of nitrogens with zero attached hydrogens (tertiary/aromatic N) is 3. The van der Waals surface area contributed by atoms with Crippen LogP contribution in [-0.4, -0.2) is 9.38 Å². The highest BCUT2D eigenvalue weighted by Gasteiger charge is 2.11. The predicted octanol–water partition coefficient (Wildman–Crippen LogP) is 3.55. The van der Waals surface area contributed by atoms with Gasteiger partial charge in [-0.05, 0) is 40.2 Å². The average molecular weight is 328 g/mol. The van der Waals surface area contributed by atoms with Gasteiger partial charge in [0.1, 0.15) is 18.4 Å². The molecule has 0 spiro atoms. The molecule has 0 fully saturated rings. The molecule has 98 valence electrons. The van der Waals surface area contributed by atoms with Gasteiger partial charge in [0.2, 0.25) is 0 Å². The van der Waals surface area contributed by atoms with Gasteiger partial charge in [0, 0.05) is 10.7 Å². The monoisotopic (exact) mass is 327 g/mol. The maximum atomic E-state index is 9.13. The van der Waals surface area contributed by atoms with Crippen LogP contribution < -0.4 is 4.74 Å². The Kier molecular flexibility index (Phi) is 3.40. The van der Waals surface area contributed by atoms with Crippen LogP contribution in [0.5, 0.6) is 5.75 Å². The minimum Gasteiger partial charge on any atom is -0.486 e. The third-order valence-corrected chi connectivity index (χ3v) is 3.36. The molecule has 3 aromatic rings. The maximum absolute atomic E-state index is 9.13. The van der Waals surface area contributed by atoms with Crippen LogP contribution in [0.25, 0.3) is 5.52 Å².